The van der Waals surface area contributed by atoms with Crippen molar-refractivity contribution < 1.29 is 19.4 Å². The van der Waals surface area contributed by atoms with Crippen molar-refractivity contribution in [3.05, 3.63) is 52.2 Å². The summed E-state index contributed by atoms with van der Waals surface area (Å²) in [5, 5.41) is 12.9. The Kier molecular flexibility index (Phi) is 4.62. The van der Waals surface area contributed by atoms with Gasteiger partial charge in [-0.25, -0.2) is 19.6 Å². The van der Waals surface area contributed by atoms with Gasteiger partial charge >= 0.3 is 11.9 Å². The Morgan fingerprint density at radius 2 is 1.96 bits per heavy atom. The number of rotatable bonds is 5. The Hall–Kier alpha value is -3.00. The van der Waals surface area contributed by atoms with Crippen LogP contribution in [0.3, 0.4) is 0 Å². The van der Waals surface area contributed by atoms with E-state index in [0.717, 1.165) is 16.5 Å². The number of aryl methyl sites for hydroxylation is 1. The van der Waals surface area contributed by atoms with Crippen molar-refractivity contribution in [3.63, 3.8) is 0 Å². The fourth-order valence-electron chi connectivity index (χ4n) is 2.44. The number of hydrogen-bond donors (Lipinski definition) is 2. The molecule has 0 spiro atoms. The maximum atomic E-state index is 11.9. The molecule has 8 heteroatoms. The molecule has 7 nitrogen and oxygen atoms in total. The number of carboxylic acids is 1. The van der Waals surface area contributed by atoms with Crippen LogP contribution in [0.1, 0.15) is 31.2 Å². The molecule has 0 atom stereocenters. The van der Waals surface area contributed by atoms with Gasteiger partial charge in [-0.05, 0) is 30.2 Å². The van der Waals surface area contributed by atoms with E-state index in [9.17, 15) is 9.59 Å². The first-order valence-electron chi connectivity index (χ1n) is 7.39. The minimum Gasteiger partial charge on any atom is -0.478 e. The second-order valence-electron chi connectivity index (χ2n) is 5.31. The summed E-state index contributed by atoms with van der Waals surface area (Å²) in [4.78, 5) is 32.4. The van der Waals surface area contributed by atoms with Gasteiger partial charge in [0.1, 0.15) is 21.9 Å². The van der Waals surface area contributed by atoms with E-state index in [-0.39, 0.29) is 5.56 Å². The normalized spacial score (nSPS) is 10.6. The summed E-state index contributed by atoms with van der Waals surface area (Å²) >= 11 is 1.27. The number of anilines is 1. The molecular formula is C17H15N3O4S. The van der Waals surface area contributed by atoms with E-state index in [1.54, 1.807) is 24.3 Å². The molecule has 128 valence electrons. The molecule has 0 bridgehead atoms. The van der Waals surface area contributed by atoms with E-state index < -0.39 is 11.9 Å². The summed E-state index contributed by atoms with van der Waals surface area (Å²) < 4.78 is 4.80. The molecule has 3 rings (SSSR count). The molecule has 0 aliphatic carbocycles. The number of aromatic nitrogens is 2. The molecule has 2 heterocycles. The lowest BCUT2D eigenvalue weighted by Gasteiger charge is -2.08. The summed E-state index contributed by atoms with van der Waals surface area (Å²) in [7, 11) is 1.35. The molecule has 0 saturated carbocycles. The summed E-state index contributed by atoms with van der Waals surface area (Å²) in [5.41, 5.74) is 1.93. The molecule has 0 amide bonds. The fraction of sp³-hybridized carbons (Fsp3) is 0.176. The van der Waals surface area contributed by atoms with Gasteiger partial charge in [0, 0.05) is 6.54 Å². The highest BCUT2D eigenvalue weighted by Gasteiger charge is 2.19. The Morgan fingerprint density at radius 3 is 2.60 bits per heavy atom. The molecule has 0 radical (unpaired) electrons. The first-order chi connectivity index (χ1) is 12.0. The lowest BCUT2D eigenvalue weighted by Crippen LogP contribution is -2.04. The molecule has 2 N–H and O–H groups in total. The smallest absolute Gasteiger partial charge is 0.348 e. The lowest BCUT2D eigenvalue weighted by molar-refractivity contribution is 0.0604. The first kappa shape index (κ1) is 16.8. The average molecular weight is 357 g/mol. The highest BCUT2D eigenvalue weighted by molar-refractivity contribution is 7.20. The van der Waals surface area contributed by atoms with Gasteiger partial charge in [0.05, 0.1) is 18.1 Å². The van der Waals surface area contributed by atoms with Gasteiger partial charge in [0.25, 0.3) is 0 Å². The molecule has 0 unspecified atom stereocenters. The number of hydrogen-bond acceptors (Lipinski definition) is 7. The van der Waals surface area contributed by atoms with E-state index in [0.29, 0.717) is 22.1 Å². The second kappa shape index (κ2) is 6.86. The molecule has 25 heavy (non-hydrogen) atoms. The van der Waals surface area contributed by atoms with Crippen molar-refractivity contribution in [1.82, 2.24) is 9.97 Å². The van der Waals surface area contributed by atoms with Crippen molar-refractivity contribution in [2.75, 3.05) is 12.4 Å². The maximum Gasteiger partial charge on any atom is 0.348 e. The maximum absolute atomic E-state index is 11.9. The third kappa shape index (κ3) is 3.29. The Labute approximate surface area is 147 Å². The third-order valence-electron chi connectivity index (χ3n) is 3.76. The van der Waals surface area contributed by atoms with Crippen LogP contribution in [0.2, 0.25) is 0 Å². The Bertz CT molecular complexity index is 950. The predicted molar refractivity (Wildman–Crippen MR) is 94.2 cm³/mol. The summed E-state index contributed by atoms with van der Waals surface area (Å²) in [6.45, 7) is 2.30. The van der Waals surface area contributed by atoms with E-state index in [1.165, 1.54) is 24.8 Å². The van der Waals surface area contributed by atoms with Crippen molar-refractivity contribution in [2.45, 2.75) is 13.5 Å². The average Bonchev–Trinajstić information content (AvgIpc) is 2.97. The quantitative estimate of drug-likeness (QED) is 0.677. The van der Waals surface area contributed by atoms with E-state index in [1.807, 2.05) is 6.92 Å². The number of methoxy groups -OCH3 is 1. The van der Waals surface area contributed by atoms with Crippen LogP contribution in [0.25, 0.3) is 10.2 Å². The van der Waals surface area contributed by atoms with Crippen LogP contribution in [-0.2, 0) is 11.3 Å². The minimum absolute atomic E-state index is 0.240. The van der Waals surface area contributed by atoms with Crippen molar-refractivity contribution in [2.24, 2.45) is 0 Å². The van der Waals surface area contributed by atoms with Gasteiger partial charge < -0.3 is 15.2 Å². The standard InChI is InChI=1S/C17H15N3O4S/c1-9-12-14(18-7-10-3-5-11(6-4-10)16(21)22)19-8-20-15(12)25-13(9)17(23)24-2/h3-6,8H,7H2,1-2H3,(H,21,22)(H,18,19,20). The van der Waals surface area contributed by atoms with Gasteiger partial charge in [-0.1, -0.05) is 12.1 Å². The number of ether oxygens (including phenoxy) is 1. The van der Waals surface area contributed by atoms with Gasteiger partial charge in [0.2, 0.25) is 0 Å². The largest absolute Gasteiger partial charge is 0.478 e. The molecule has 0 saturated heterocycles. The highest BCUT2D eigenvalue weighted by atomic mass is 32.1. The predicted octanol–water partition coefficient (Wildman–Crippen LogP) is 3.10. The number of carbonyl (C=O) groups is 2. The number of carboxylic acid groups (broad SMARTS) is 1. The molecule has 0 aliphatic heterocycles. The molecule has 0 fully saturated rings. The molecule has 3 aromatic rings. The van der Waals surface area contributed by atoms with Gasteiger partial charge in [0.15, 0.2) is 0 Å². The number of fused-ring (bicyclic) bond motifs is 1. The lowest BCUT2D eigenvalue weighted by atomic mass is 10.1. The number of benzene rings is 1. The van der Waals surface area contributed by atoms with Crippen LogP contribution in [0, 0.1) is 6.92 Å². The first-order valence-corrected chi connectivity index (χ1v) is 8.21. The number of nitrogens with one attached hydrogen (secondary N) is 1. The monoisotopic (exact) mass is 357 g/mol. The fourth-order valence-corrected chi connectivity index (χ4v) is 3.51. The van der Waals surface area contributed by atoms with E-state index in [4.69, 9.17) is 9.84 Å². The summed E-state index contributed by atoms with van der Waals surface area (Å²) in [5.74, 6) is -0.729. The van der Waals surface area contributed by atoms with Crippen molar-refractivity contribution >= 4 is 39.3 Å². The SMILES string of the molecule is COC(=O)c1sc2ncnc(NCc3ccc(C(=O)O)cc3)c2c1C. The molecule has 1 aromatic carbocycles. The number of esters is 1. The molecule has 2 aromatic heterocycles. The van der Waals surface area contributed by atoms with Gasteiger partial charge in [-0.15, -0.1) is 11.3 Å². The van der Waals surface area contributed by atoms with E-state index >= 15 is 0 Å². The minimum atomic E-state index is -0.957. The van der Waals surface area contributed by atoms with Crippen LogP contribution < -0.4 is 5.32 Å². The number of nitrogens with zero attached hydrogens (tertiary/aromatic N) is 2. The third-order valence-corrected chi connectivity index (χ3v) is 4.94. The van der Waals surface area contributed by atoms with Crippen LogP contribution in [-0.4, -0.2) is 34.1 Å². The molecular weight excluding hydrogens is 342 g/mol. The van der Waals surface area contributed by atoms with Crippen molar-refractivity contribution in [3.8, 4) is 0 Å². The Balaban J connectivity index is 1.87. The molecule has 0 aliphatic rings. The van der Waals surface area contributed by atoms with Crippen LogP contribution in [0.4, 0.5) is 5.82 Å². The van der Waals surface area contributed by atoms with E-state index in [2.05, 4.69) is 15.3 Å². The van der Waals surface area contributed by atoms with Gasteiger partial charge in [-0.2, -0.15) is 0 Å². The zero-order valence-corrected chi connectivity index (χ0v) is 14.4. The van der Waals surface area contributed by atoms with Gasteiger partial charge in [-0.3, -0.25) is 0 Å². The highest BCUT2D eigenvalue weighted by Crippen LogP contribution is 2.33. The zero-order chi connectivity index (χ0) is 18.0. The van der Waals surface area contributed by atoms with Crippen molar-refractivity contribution in [1.29, 1.82) is 0 Å². The van der Waals surface area contributed by atoms with Crippen LogP contribution >= 0.6 is 11.3 Å². The number of thiophene rings is 1. The zero-order valence-electron chi connectivity index (χ0n) is 13.6. The topological polar surface area (TPSA) is 101 Å². The van der Waals surface area contributed by atoms with Crippen LogP contribution in [0.15, 0.2) is 30.6 Å². The summed E-state index contributed by atoms with van der Waals surface area (Å²) in [6.07, 6.45) is 1.44. The number of aromatic carboxylic acids is 1. The second-order valence-corrected chi connectivity index (χ2v) is 6.30. The number of carbonyl (C=O) groups excluding carboxylic acids is 1. The van der Waals surface area contributed by atoms with Crippen LogP contribution in [0.5, 0.6) is 0 Å². The summed E-state index contributed by atoms with van der Waals surface area (Å²) in [6, 6.07) is 6.60. The Morgan fingerprint density at radius 1 is 1.24 bits per heavy atom.